The lowest BCUT2D eigenvalue weighted by Gasteiger charge is -2.49. The topological polar surface area (TPSA) is 331 Å². The SMILES string of the molecule is CC(C)(c1c(O)cc(O)c2c1OC(c1ccc(O)c(O)c1)C(O)C2C(C)(C)c1c(CO)cc(O)c2c1OC(c1ccc(O)c(O)c1)C(O)C2)C1c2c(O)cc(O)cc2OC(c2ccc(O)c(O)c2)C1O. The van der Waals surface area contributed by atoms with E-state index >= 15 is 0 Å². The van der Waals surface area contributed by atoms with Crippen LogP contribution >= 0.6 is 0 Å². The Kier molecular flexibility index (Phi) is 11.4. The van der Waals surface area contributed by atoms with Gasteiger partial charge >= 0.3 is 0 Å². The summed E-state index contributed by atoms with van der Waals surface area (Å²) in [5.74, 6) is -8.56. The molecule has 0 saturated carbocycles. The molecule has 70 heavy (non-hydrogen) atoms. The molecule has 0 fully saturated rings. The summed E-state index contributed by atoms with van der Waals surface area (Å²) in [5, 5.41) is 168. The van der Waals surface area contributed by atoms with Gasteiger partial charge in [0.05, 0.1) is 12.7 Å². The van der Waals surface area contributed by atoms with E-state index in [0.29, 0.717) is 0 Å². The highest BCUT2D eigenvalue weighted by atomic mass is 16.5. The van der Waals surface area contributed by atoms with E-state index in [2.05, 4.69) is 0 Å². The van der Waals surface area contributed by atoms with Gasteiger partial charge in [-0.2, -0.15) is 0 Å². The molecule has 0 amide bonds. The molecule has 0 radical (unpaired) electrons. The van der Waals surface area contributed by atoms with Gasteiger partial charge in [-0.15, -0.1) is 0 Å². The van der Waals surface area contributed by atoms with Crippen molar-refractivity contribution in [3.05, 3.63) is 129 Å². The van der Waals surface area contributed by atoms with E-state index in [1.165, 1.54) is 54.6 Å². The Morgan fingerprint density at radius 1 is 0.457 bits per heavy atom. The van der Waals surface area contributed by atoms with Crippen LogP contribution in [0, 0.1) is 0 Å². The molecule has 8 atom stereocenters. The van der Waals surface area contributed by atoms with Crippen molar-refractivity contribution in [2.75, 3.05) is 0 Å². The first-order valence-electron chi connectivity index (χ1n) is 22.2. The number of benzene rings is 6. The Morgan fingerprint density at radius 3 is 1.46 bits per heavy atom. The number of fused-ring (bicyclic) bond motifs is 3. The lowest BCUT2D eigenvalue weighted by Crippen LogP contribution is -2.46. The maximum absolute atomic E-state index is 12.9. The van der Waals surface area contributed by atoms with E-state index in [1.807, 2.05) is 0 Å². The van der Waals surface area contributed by atoms with E-state index in [9.17, 15) is 76.6 Å². The minimum Gasteiger partial charge on any atom is -0.508 e. The summed E-state index contributed by atoms with van der Waals surface area (Å²) in [6.07, 6.45) is -9.00. The Bertz CT molecular complexity index is 3070. The molecule has 3 aliphatic rings. The average molecular weight is 965 g/mol. The van der Waals surface area contributed by atoms with Crippen molar-refractivity contribution in [2.45, 2.75) is 100 Å². The molecule has 18 heteroatoms. The average Bonchev–Trinajstić information content (AvgIpc) is 3.28. The lowest BCUT2D eigenvalue weighted by atomic mass is 9.61. The van der Waals surface area contributed by atoms with Crippen molar-refractivity contribution < 1.29 is 90.8 Å². The zero-order valence-electron chi connectivity index (χ0n) is 38.0. The Hall–Kier alpha value is -7.64. The summed E-state index contributed by atoms with van der Waals surface area (Å²) in [6.45, 7) is 5.78. The highest BCUT2D eigenvalue weighted by Crippen LogP contribution is 2.64. The second-order valence-electron chi connectivity index (χ2n) is 19.3. The largest absolute Gasteiger partial charge is 0.508 e. The van der Waals surface area contributed by atoms with Crippen molar-refractivity contribution in [1.82, 2.24) is 0 Å². The van der Waals surface area contributed by atoms with E-state index in [-0.39, 0.29) is 79.5 Å². The molecule has 9 rings (SSSR count). The fourth-order valence-electron chi connectivity index (χ4n) is 11.1. The zero-order chi connectivity index (χ0) is 50.6. The number of aliphatic hydroxyl groups excluding tert-OH is 4. The van der Waals surface area contributed by atoms with E-state index in [4.69, 9.17) is 14.2 Å². The molecule has 8 unspecified atom stereocenters. The van der Waals surface area contributed by atoms with Crippen LogP contribution in [0.5, 0.6) is 80.5 Å². The summed E-state index contributed by atoms with van der Waals surface area (Å²) in [4.78, 5) is 0. The predicted molar refractivity (Wildman–Crippen MR) is 246 cm³/mol. The van der Waals surface area contributed by atoms with Crippen LogP contribution in [-0.4, -0.2) is 94.9 Å². The van der Waals surface area contributed by atoms with Gasteiger partial charge in [-0.3, -0.25) is 0 Å². The number of hydrogen-bond donors (Lipinski definition) is 15. The quantitative estimate of drug-likeness (QED) is 0.0767. The van der Waals surface area contributed by atoms with Crippen LogP contribution in [0.15, 0.2) is 78.9 Å². The number of rotatable bonds is 8. The van der Waals surface area contributed by atoms with Crippen molar-refractivity contribution in [2.24, 2.45) is 0 Å². The van der Waals surface area contributed by atoms with E-state index < -0.39 is 123 Å². The molecule has 0 saturated heterocycles. The van der Waals surface area contributed by atoms with Crippen LogP contribution in [-0.2, 0) is 23.9 Å². The summed E-state index contributed by atoms with van der Waals surface area (Å²) in [5.41, 5.74) is -2.58. The number of aliphatic hydroxyl groups is 4. The van der Waals surface area contributed by atoms with Gasteiger partial charge in [0.1, 0.15) is 64.3 Å². The first-order chi connectivity index (χ1) is 33.0. The monoisotopic (exact) mass is 964 g/mol. The van der Waals surface area contributed by atoms with Crippen LogP contribution < -0.4 is 14.2 Å². The maximum Gasteiger partial charge on any atom is 0.157 e. The molecule has 15 N–H and O–H groups in total. The highest BCUT2D eigenvalue weighted by molar-refractivity contribution is 5.67. The van der Waals surface area contributed by atoms with Crippen molar-refractivity contribution in [3.8, 4) is 80.5 Å². The second kappa shape index (κ2) is 16.8. The molecule has 368 valence electrons. The fraction of sp³-hybridized carbons (Fsp3) is 0.308. The minimum atomic E-state index is -1.72. The summed E-state index contributed by atoms with van der Waals surface area (Å²) < 4.78 is 19.5. The van der Waals surface area contributed by atoms with Gasteiger partial charge in [-0.25, -0.2) is 0 Å². The van der Waals surface area contributed by atoms with Crippen molar-refractivity contribution in [3.63, 3.8) is 0 Å². The molecule has 0 bridgehead atoms. The molecular formula is C52H52O18. The molecule has 3 aliphatic heterocycles. The third-order valence-electron chi connectivity index (χ3n) is 14.3. The molecule has 0 spiro atoms. The minimum absolute atomic E-state index is 0.0253. The molecule has 3 heterocycles. The van der Waals surface area contributed by atoms with Gasteiger partial charge in [-0.1, -0.05) is 45.9 Å². The normalized spacial score (nSPS) is 23.0. The van der Waals surface area contributed by atoms with Crippen LogP contribution in [0.1, 0.15) is 108 Å². The van der Waals surface area contributed by atoms with Gasteiger partial charge in [0.25, 0.3) is 0 Å². The third-order valence-corrected chi connectivity index (χ3v) is 14.3. The standard InChI is InChI=1S/C52H52O18/c1-51(2,40-23(19-53)14-29(58)25-17-36(65)46(69-49(25)40)20-5-8-26(55)30(59)11-20)43-39-34(63)18-35(64)41(50(39)70-48(45(43)67)22-7-10-28(57)32(61)13-22)52(3,4)42-38-33(62)15-24(54)16-37(38)68-47(44(42)66)21-6-9-27(56)31(60)12-21/h5-16,18,36,42-48,53-67H,17,19H2,1-4H3. The Balaban J connectivity index is 1.29. The van der Waals surface area contributed by atoms with Gasteiger partial charge in [-0.05, 0) is 64.7 Å². The number of hydrogen-bond acceptors (Lipinski definition) is 18. The van der Waals surface area contributed by atoms with Gasteiger partial charge in [0.2, 0.25) is 0 Å². The molecule has 18 nitrogen and oxygen atoms in total. The number of phenols is 11. The van der Waals surface area contributed by atoms with Crippen LogP contribution in [0.4, 0.5) is 0 Å². The number of ether oxygens (including phenoxy) is 3. The van der Waals surface area contributed by atoms with Crippen LogP contribution in [0.2, 0.25) is 0 Å². The molecule has 0 aliphatic carbocycles. The second-order valence-corrected chi connectivity index (χ2v) is 19.3. The molecular weight excluding hydrogens is 913 g/mol. The van der Waals surface area contributed by atoms with Crippen molar-refractivity contribution in [1.29, 1.82) is 0 Å². The van der Waals surface area contributed by atoms with Gasteiger partial charge in [0.15, 0.2) is 46.7 Å². The van der Waals surface area contributed by atoms with Crippen molar-refractivity contribution >= 4 is 0 Å². The number of phenolic OH excluding ortho intramolecular Hbond substituents is 11. The third kappa shape index (κ3) is 7.42. The highest BCUT2D eigenvalue weighted by Gasteiger charge is 2.55. The summed E-state index contributed by atoms with van der Waals surface area (Å²) >= 11 is 0. The Morgan fingerprint density at radius 2 is 0.929 bits per heavy atom. The first-order valence-corrected chi connectivity index (χ1v) is 22.2. The van der Waals surface area contributed by atoms with Gasteiger partial charge in [0, 0.05) is 75.1 Å². The molecule has 0 aromatic heterocycles. The maximum atomic E-state index is 12.9. The smallest absolute Gasteiger partial charge is 0.157 e. The van der Waals surface area contributed by atoms with Crippen LogP contribution in [0.25, 0.3) is 0 Å². The van der Waals surface area contributed by atoms with Gasteiger partial charge < -0.3 is 90.8 Å². The number of aromatic hydroxyl groups is 11. The molecule has 6 aromatic rings. The summed E-state index contributed by atoms with van der Waals surface area (Å²) in [6, 6.07) is 15.8. The van der Waals surface area contributed by atoms with E-state index in [1.54, 1.807) is 27.7 Å². The molecule has 6 aromatic carbocycles. The predicted octanol–water partition coefficient (Wildman–Crippen LogP) is 6.09. The Labute approximate surface area is 399 Å². The lowest BCUT2D eigenvalue weighted by molar-refractivity contribution is -0.0273. The summed E-state index contributed by atoms with van der Waals surface area (Å²) in [7, 11) is 0. The van der Waals surface area contributed by atoms with E-state index in [0.717, 1.165) is 24.3 Å². The fourth-order valence-corrected chi connectivity index (χ4v) is 11.1. The first kappa shape index (κ1) is 47.4. The zero-order valence-corrected chi connectivity index (χ0v) is 38.0. The van der Waals surface area contributed by atoms with Crippen LogP contribution in [0.3, 0.4) is 0 Å².